The number of aliphatic hydroxyl groups is 2. The van der Waals surface area contributed by atoms with Crippen LogP contribution in [0.25, 0.3) is 21.5 Å². The highest BCUT2D eigenvalue weighted by molar-refractivity contribution is 6.26. The quantitative estimate of drug-likeness (QED) is 0.305. The molecular formula is C30H26O10. The number of hydrogen-bond acceptors (Lipinski definition) is 10. The first-order chi connectivity index (χ1) is 18.9. The summed E-state index contributed by atoms with van der Waals surface area (Å²) in [6.07, 6.45) is -5.02. The molecule has 0 fully saturated rings. The number of phenolic OH excluding ortho intramolecular Hbond substituents is 2. The van der Waals surface area contributed by atoms with Crippen LogP contribution in [-0.2, 0) is 30.5 Å². The summed E-state index contributed by atoms with van der Waals surface area (Å²) in [5.41, 5.74) is 2.40. The average Bonchev–Trinajstić information content (AvgIpc) is 2.85. The maximum atomic E-state index is 13.8. The van der Waals surface area contributed by atoms with E-state index in [0.717, 1.165) is 0 Å². The molecule has 0 saturated heterocycles. The fourth-order valence-electron chi connectivity index (χ4n) is 8.67. The van der Waals surface area contributed by atoms with Crippen molar-refractivity contribution in [2.45, 2.75) is 88.7 Å². The molecule has 0 saturated carbocycles. The molecule has 206 valence electrons. The first kappa shape index (κ1) is 23.6. The molecule has 10 nitrogen and oxygen atoms in total. The lowest BCUT2D eigenvalue weighted by Crippen LogP contribution is -2.48. The Bertz CT molecular complexity index is 1710. The number of Topliss-reactive ketones (excluding diaryl/α,β-unsaturated/α-hetero) is 2. The van der Waals surface area contributed by atoms with E-state index in [0.29, 0.717) is 33.0 Å². The number of hydrogen-bond donors (Lipinski definition) is 4. The summed E-state index contributed by atoms with van der Waals surface area (Å²) in [7, 11) is 0. The van der Waals surface area contributed by atoms with Gasteiger partial charge in [0, 0.05) is 44.2 Å². The van der Waals surface area contributed by atoms with E-state index in [-0.39, 0.29) is 44.5 Å². The van der Waals surface area contributed by atoms with Crippen molar-refractivity contribution < 1.29 is 49.0 Å². The lowest BCUT2D eigenvalue weighted by Gasteiger charge is -2.52. The second-order valence-corrected chi connectivity index (χ2v) is 12.2. The highest BCUT2D eigenvalue weighted by atomic mass is 16.7. The van der Waals surface area contributed by atoms with Gasteiger partial charge in [0.1, 0.15) is 23.7 Å². The molecule has 3 aromatic carbocycles. The van der Waals surface area contributed by atoms with Crippen LogP contribution < -0.4 is 0 Å². The predicted octanol–water partition coefficient (Wildman–Crippen LogP) is 3.97. The Morgan fingerprint density at radius 1 is 0.625 bits per heavy atom. The van der Waals surface area contributed by atoms with E-state index < -0.39 is 72.6 Å². The van der Waals surface area contributed by atoms with Crippen LogP contribution in [0.5, 0.6) is 11.5 Å². The molecule has 3 aromatic rings. The van der Waals surface area contributed by atoms with Crippen LogP contribution in [0.15, 0.2) is 0 Å². The average molecular weight is 547 g/mol. The van der Waals surface area contributed by atoms with Crippen LogP contribution >= 0.6 is 0 Å². The molecule has 0 spiro atoms. The van der Waals surface area contributed by atoms with E-state index in [1.807, 2.05) is 0 Å². The molecule has 40 heavy (non-hydrogen) atoms. The molecule has 4 aliphatic heterocycles. The summed E-state index contributed by atoms with van der Waals surface area (Å²) >= 11 is 0. The fraction of sp³-hybridized carbons (Fsp3) is 0.467. The Morgan fingerprint density at radius 3 is 1.38 bits per heavy atom. The van der Waals surface area contributed by atoms with Crippen molar-refractivity contribution in [1.82, 2.24) is 0 Å². The summed E-state index contributed by atoms with van der Waals surface area (Å²) in [6.45, 7) is 7.10. The summed E-state index contributed by atoms with van der Waals surface area (Å²) in [6, 6.07) is 0. The van der Waals surface area contributed by atoms with E-state index in [2.05, 4.69) is 0 Å². The van der Waals surface area contributed by atoms with Gasteiger partial charge < -0.3 is 39.4 Å². The first-order valence-corrected chi connectivity index (χ1v) is 13.7. The fourth-order valence-corrected chi connectivity index (χ4v) is 8.67. The second-order valence-electron chi connectivity index (χ2n) is 12.2. The van der Waals surface area contributed by atoms with E-state index in [9.17, 15) is 30.0 Å². The van der Waals surface area contributed by atoms with Crippen LogP contribution in [0, 0.1) is 0 Å². The number of benzene rings is 3. The predicted molar refractivity (Wildman–Crippen MR) is 136 cm³/mol. The van der Waals surface area contributed by atoms with Gasteiger partial charge in [-0.05, 0) is 38.5 Å². The van der Waals surface area contributed by atoms with E-state index in [1.165, 1.54) is 0 Å². The van der Waals surface area contributed by atoms with Crippen molar-refractivity contribution in [3.63, 3.8) is 0 Å². The Hall–Kier alpha value is -3.12. The van der Waals surface area contributed by atoms with Gasteiger partial charge in [0.15, 0.2) is 11.6 Å². The lowest BCUT2D eigenvalue weighted by molar-refractivity contribution is -0.271. The molecule has 9 rings (SSSR count). The van der Waals surface area contributed by atoms with Gasteiger partial charge in [-0.15, -0.1) is 0 Å². The van der Waals surface area contributed by atoms with Crippen molar-refractivity contribution >= 4 is 33.1 Å². The number of carbonyl (C=O) groups is 2. The second kappa shape index (κ2) is 6.67. The normalized spacial score (nSPS) is 38.1. The van der Waals surface area contributed by atoms with E-state index in [4.69, 9.17) is 18.9 Å². The van der Waals surface area contributed by atoms with Gasteiger partial charge in [0.05, 0.1) is 48.4 Å². The van der Waals surface area contributed by atoms with Gasteiger partial charge in [-0.1, -0.05) is 0 Å². The molecule has 0 radical (unpaired) electrons. The number of ether oxygens (including phenoxy) is 4. The third-order valence-corrected chi connectivity index (χ3v) is 9.96. The molecule has 2 aliphatic carbocycles. The van der Waals surface area contributed by atoms with Gasteiger partial charge in [-0.3, -0.25) is 9.59 Å². The van der Waals surface area contributed by atoms with Crippen molar-refractivity contribution in [3.05, 3.63) is 44.5 Å². The van der Waals surface area contributed by atoms with Crippen molar-refractivity contribution in [1.29, 1.82) is 0 Å². The zero-order valence-electron chi connectivity index (χ0n) is 22.1. The maximum Gasteiger partial charge on any atom is 0.201 e. The van der Waals surface area contributed by atoms with E-state index >= 15 is 0 Å². The minimum atomic E-state index is -2.10. The van der Waals surface area contributed by atoms with Crippen molar-refractivity contribution in [2.24, 2.45) is 0 Å². The van der Waals surface area contributed by atoms with Crippen molar-refractivity contribution in [2.75, 3.05) is 0 Å². The molecule has 0 bridgehead atoms. The summed E-state index contributed by atoms with van der Waals surface area (Å²) in [4.78, 5) is 27.6. The van der Waals surface area contributed by atoms with Gasteiger partial charge in [0.25, 0.3) is 0 Å². The highest BCUT2D eigenvalue weighted by Gasteiger charge is 2.59. The van der Waals surface area contributed by atoms with Gasteiger partial charge in [0.2, 0.25) is 11.6 Å². The topological polar surface area (TPSA) is 152 Å². The molecule has 6 aliphatic rings. The van der Waals surface area contributed by atoms with E-state index in [1.54, 1.807) is 27.7 Å². The zero-order valence-corrected chi connectivity index (χ0v) is 22.1. The Labute approximate surface area is 227 Å². The third-order valence-electron chi connectivity index (χ3n) is 9.96. The number of aromatic hydroxyl groups is 2. The molecular weight excluding hydrogens is 520 g/mol. The Kier molecular flexibility index (Phi) is 3.93. The minimum absolute atomic E-state index is 0.0232. The summed E-state index contributed by atoms with van der Waals surface area (Å²) < 4.78 is 24.8. The monoisotopic (exact) mass is 546 g/mol. The van der Waals surface area contributed by atoms with Gasteiger partial charge >= 0.3 is 0 Å². The number of rotatable bonds is 0. The van der Waals surface area contributed by atoms with Crippen LogP contribution in [-0.4, -0.2) is 44.2 Å². The summed E-state index contributed by atoms with van der Waals surface area (Å²) in [5, 5.41) is 49.1. The molecule has 0 aromatic heterocycles. The van der Waals surface area contributed by atoms with Gasteiger partial charge in [-0.2, -0.15) is 0 Å². The van der Waals surface area contributed by atoms with Gasteiger partial charge in [-0.25, -0.2) is 0 Å². The number of carbonyl (C=O) groups excluding carboxylic acids is 2. The molecule has 10 heteroatoms. The Balaban J connectivity index is 1.66. The smallest absolute Gasteiger partial charge is 0.201 e. The van der Waals surface area contributed by atoms with Crippen LogP contribution in [0.4, 0.5) is 0 Å². The third kappa shape index (κ3) is 2.27. The van der Waals surface area contributed by atoms with Crippen LogP contribution in [0.2, 0.25) is 0 Å². The maximum absolute atomic E-state index is 13.8. The minimum Gasteiger partial charge on any atom is -0.507 e. The molecule has 0 unspecified atom stereocenters. The lowest BCUT2D eigenvalue weighted by atomic mass is 9.66. The standard InChI is InChI=1S/C30H26O10/c1-7-13-21-19-17-15(25(13)33)11(31)5-30(36)24(17)20-18-16(26(34)14-8(2)38-10(4)28(40-30)22(14)20)12(32)6-29(35,23(18)19)39-27(21)9(3)37-7/h7-10,27-28,33-36H,5-6H2,1-4H3/t7-,8-,9-,10-,27-,28+,29+,30+/m1/s1. The SMILES string of the molecule is C[C@H]1O[C@H](C)[C@@H]2O[C@@]3(O)CC(=O)c4c(O)c5c6c7c8c9c(c(O)c1c2c9c3c47)C(=O)C[C@]8(O)O[C@@H]6[C@@H](C)O[C@@H]5C. The Morgan fingerprint density at radius 2 is 1.00 bits per heavy atom. The first-order valence-electron chi connectivity index (χ1n) is 13.7. The van der Waals surface area contributed by atoms with Crippen molar-refractivity contribution in [3.8, 4) is 11.5 Å². The van der Waals surface area contributed by atoms with Crippen LogP contribution in [0.1, 0.15) is 119 Å². The molecule has 0 amide bonds. The molecule has 8 atom stereocenters. The summed E-state index contributed by atoms with van der Waals surface area (Å²) in [5.74, 6) is -5.73. The number of phenols is 2. The molecule has 4 heterocycles. The van der Waals surface area contributed by atoms with Crippen LogP contribution in [0.3, 0.4) is 0 Å². The highest BCUT2D eigenvalue weighted by Crippen LogP contribution is 2.66. The molecule has 4 N–H and O–H groups in total. The zero-order chi connectivity index (χ0) is 27.9. The largest absolute Gasteiger partial charge is 0.507 e. The number of ketones is 2.